The topological polar surface area (TPSA) is 72.2 Å². The number of nitrogens with zero attached hydrogens (tertiary/aromatic N) is 4. The molecule has 148 valence electrons. The van der Waals surface area contributed by atoms with Gasteiger partial charge in [-0.05, 0) is 38.5 Å². The zero-order valence-electron chi connectivity index (χ0n) is 15.3. The molecule has 0 saturated carbocycles. The van der Waals surface area contributed by atoms with E-state index < -0.39 is 12.0 Å². The molecule has 1 atom stereocenters. The number of benzene rings is 1. The summed E-state index contributed by atoms with van der Waals surface area (Å²) in [6, 6.07) is 6.82. The van der Waals surface area contributed by atoms with Gasteiger partial charge in [0, 0.05) is 22.0 Å². The van der Waals surface area contributed by atoms with Crippen LogP contribution in [0.5, 0.6) is 0 Å². The molecule has 0 saturated heterocycles. The van der Waals surface area contributed by atoms with Gasteiger partial charge in [-0.3, -0.25) is 4.79 Å². The van der Waals surface area contributed by atoms with Crippen molar-refractivity contribution < 1.29 is 18.0 Å². The summed E-state index contributed by atoms with van der Waals surface area (Å²) in [7, 11) is 0. The van der Waals surface area contributed by atoms with Crippen LogP contribution in [0.15, 0.2) is 24.3 Å². The first-order valence-corrected chi connectivity index (χ1v) is 8.79. The fourth-order valence-corrected chi connectivity index (χ4v) is 3.00. The largest absolute Gasteiger partial charge is 0.453 e. The molecule has 1 amide bonds. The number of carbonyl (C=O) groups is 1. The van der Waals surface area contributed by atoms with Crippen LogP contribution in [0, 0.1) is 13.8 Å². The number of rotatable bonds is 4. The Morgan fingerprint density at radius 3 is 2.46 bits per heavy atom. The minimum Gasteiger partial charge on any atom is -0.349 e. The van der Waals surface area contributed by atoms with Crippen molar-refractivity contribution in [2.45, 2.75) is 39.4 Å². The second-order valence-corrected chi connectivity index (χ2v) is 6.86. The minimum atomic E-state index is -4.67. The van der Waals surface area contributed by atoms with Gasteiger partial charge in [-0.2, -0.15) is 18.2 Å². The third-order valence-corrected chi connectivity index (χ3v) is 4.64. The summed E-state index contributed by atoms with van der Waals surface area (Å²) in [5, 5.41) is 6.94. The fourth-order valence-electron chi connectivity index (χ4n) is 2.87. The maximum atomic E-state index is 12.9. The SMILES string of the molecule is Cc1nc2nc(C(F)(F)F)nn2c(C)c1CC(=O)NC(C)c1ccc(Cl)cc1. The molecule has 0 aliphatic rings. The van der Waals surface area contributed by atoms with E-state index in [0.29, 0.717) is 22.0 Å². The first-order valence-electron chi connectivity index (χ1n) is 8.41. The van der Waals surface area contributed by atoms with Gasteiger partial charge in [0.05, 0.1) is 12.5 Å². The first-order chi connectivity index (χ1) is 13.1. The highest BCUT2D eigenvalue weighted by atomic mass is 35.5. The van der Waals surface area contributed by atoms with Crippen molar-refractivity contribution in [3.8, 4) is 0 Å². The summed E-state index contributed by atoms with van der Waals surface area (Å²) in [5.74, 6) is -1.70. The molecule has 28 heavy (non-hydrogen) atoms. The third kappa shape index (κ3) is 4.09. The van der Waals surface area contributed by atoms with E-state index in [4.69, 9.17) is 11.6 Å². The van der Waals surface area contributed by atoms with Crippen LogP contribution in [-0.4, -0.2) is 25.5 Å². The molecule has 0 radical (unpaired) electrons. The van der Waals surface area contributed by atoms with E-state index >= 15 is 0 Å². The number of amides is 1. The van der Waals surface area contributed by atoms with E-state index in [1.54, 1.807) is 26.0 Å². The number of hydrogen-bond acceptors (Lipinski definition) is 4. The van der Waals surface area contributed by atoms with E-state index in [2.05, 4.69) is 20.4 Å². The maximum Gasteiger partial charge on any atom is 0.453 e. The molecular weight excluding hydrogens is 395 g/mol. The second-order valence-electron chi connectivity index (χ2n) is 6.42. The summed E-state index contributed by atoms with van der Waals surface area (Å²) < 4.78 is 39.6. The Morgan fingerprint density at radius 2 is 1.86 bits per heavy atom. The van der Waals surface area contributed by atoms with Crippen LogP contribution < -0.4 is 5.32 Å². The zero-order chi connectivity index (χ0) is 20.6. The molecule has 2 aromatic heterocycles. The van der Waals surface area contributed by atoms with Crippen LogP contribution >= 0.6 is 11.6 Å². The quantitative estimate of drug-likeness (QED) is 0.708. The van der Waals surface area contributed by atoms with Crippen LogP contribution in [0.3, 0.4) is 0 Å². The summed E-state index contributed by atoms with van der Waals surface area (Å²) in [6.07, 6.45) is -4.71. The Morgan fingerprint density at radius 1 is 1.21 bits per heavy atom. The van der Waals surface area contributed by atoms with Crippen LogP contribution in [0.1, 0.15) is 41.3 Å². The standard InChI is InChI=1S/C18H17ClF3N5O/c1-9(12-4-6-13(19)7-5-12)23-15(28)8-14-10(2)24-17-25-16(18(20,21)22)26-27(17)11(14)3/h4-7,9H,8H2,1-3H3,(H,23,28). The molecule has 1 N–H and O–H groups in total. The Balaban J connectivity index is 1.83. The van der Waals surface area contributed by atoms with Crippen molar-refractivity contribution in [3.05, 3.63) is 57.6 Å². The van der Waals surface area contributed by atoms with Gasteiger partial charge in [-0.25, -0.2) is 9.50 Å². The molecule has 1 aromatic carbocycles. The van der Waals surface area contributed by atoms with Crippen LogP contribution in [0.25, 0.3) is 5.78 Å². The summed E-state index contributed by atoms with van der Waals surface area (Å²) in [4.78, 5) is 20.0. The Kier molecular flexibility index (Phi) is 5.29. The molecule has 6 nitrogen and oxygen atoms in total. The Labute approximate surface area is 163 Å². The fraction of sp³-hybridized carbons (Fsp3) is 0.333. The maximum absolute atomic E-state index is 12.9. The van der Waals surface area contributed by atoms with Gasteiger partial charge in [0.2, 0.25) is 5.91 Å². The van der Waals surface area contributed by atoms with Gasteiger partial charge < -0.3 is 5.32 Å². The highest BCUT2D eigenvalue weighted by Crippen LogP contribution is 2.27. The number of alkyl halides is 3. The molecule has 2 heterocycles. The van der Waals surface area contributed by atoms with E-state index in [1.807, 2.05) is 19.1 Å². The lowest BCUT2D eigenvalue weighted by atomic mass is 10.1. The number of aromatic nitrogens is 4. The number of fused-ring (bicyclic) bond motifs is 1. The number of halogens is 4. The smallest absolute Gasteiger partial charge is 0.349 e. The van der Waals surface area contributed by atoms with Crippen LogP contribution in [0.4, 0.5) is 13.2 Å². The normalized spacial score (nSPS) is 13.0. The summed E-state index contributed by atoms with van der Waals surface area (Å²) in [5.41, 5.74) is 2.21. The summed E-state index contributed by atoms with van der Waals surface area (Å²) >= 11 is 5.86. The first kappa shape index (κ1) is 20.1. The average Bonchev–Trinajstić information content (AvgIpc) is 3.03. The monoisotopic (exact) mass is 411 g/mol. The minimum absolute atomic E-state index is 0.0419. The lowest BCUT2D eigenvalue weighted by Gasteiger charge is -2.16. The van der Waals surface area contributed by atoms with Crippen molar-refractivity contribution in [2.75, 3.05) is 0 Å². The average molecular weight is 412 g/mol. The van der Waals surface area contributed by atoms with Crippen molar-refractivity contribution >= 4 is 23.3 Å². The summed E-state index contributed by atoms with van der Waals surface area (Å²) in [6.45, 7) is 5.04. The second kappa shape index (κ2) is 7.38. The number of aryl methyl sites for hydroxylation is 2. The third-order valence-electron chi connectivity index (χ3n) is 4.39. The Bertz CT molecular complexity index is 1030. The van der Waals surface area contributed by atoms with Crippen molar-refractivity contribution in [2.24, 2.45) is 0 Å². The van der Waals surface area contributed by atoms with Crippen molar-refractivity contribution in [1.82, 2.24) is 24.9 Å². The van der Waals surface area contributed by atoms with Crippen LogP contribution in [-0.2, 0) is 17.4 Å². The molecule has 0 bridgehead atoms. The molecule has 0 aliphatic heterocycles. The molecule has 0 aliphatic carbocycles. The van der Waals surface area contributed by atoms with Crippen LogP contribution in [0.2, 0.25) is 5.02 Å². The van der Waals surface area contributed by atoms with Crippen molar-refractivity contribution in [3.63, 3.8) is 0 Å². The van der Waals surface area contributed by atoms with E-state index in [-0.39, 0.29) is 24.1 Å². The lowest BCUT2D eigenvalue weighted by molar-refractivity contribution is -0.144. The number of carbonyl (C=O) groups excluding carboxylic acids is 1. The van der Waals surface area contributed by atoms with Gasteiger partial charge in [0.15, 0.2) is 0 Å². The zero-order valence-corrected chi connectivity index (χ0v) is 16.1. The van der Waals surface area contributed by atoms with Gasteiger partial charge >= 0.3 is 6.18 Å². The molecule has 1 unspecified atom stereocenters. The lowest BCUT2D eigenvalue weighted by Crippen LogP contribution is -2.29. The van der Waals surface area contributed by atoms with Gasteiger partial charge in [-0.15, -0.1) is 5.10 Å². The van der Waals surface area contributed by atoms with Gasteiger partial charge in [0.25, 0.3) is 11.6 Å². The predicted molar refractivity (Wildman–Crippen MR) is 97.0 cm³/mol. The molecule has 3 rings (SSSR count). The highest BCUT2D eigenvalue weighted by Gasteiger charge is 2.37. The van der Waals surface area contributed by atoms with E-state index in [9.17, 15) is 18.0 Å². The highest BCUT2D eigenvalue weighted by molar-refractivity contribution is 6.30. The Hall–Kier alpha value is -2.68. The predicted octanol–water partition coefficient (Wildman–Crippen LogP) is 3.83. The molecule has 0 spiro atoms. The van der Waals surface area contributed by atoms with Gasteiger partial charge in [-0.1, -0.05) is 23.7 Å². The van der Waals surface area contributed by atoms with Crippen molar-refractivity contribution in [1.29, 1.82) is 0 Å². The molecular formula is C18H17ClF3N5O. The molecule has 3 aromatic rings. The molecule has 0 fully saturated rings. The number of hydrogen-bond donors (Lipinski definition) is 1. The van der Waals surface area contributed by atoms with E-state index in [1.165, 1.54) is 0 Å². The molecule has 10 heteroatoms. The van der Waals surface area contributed by atoms with Gasteiger partial charge in [0.1, 0.15) is 0 Å². The number of nitrogens with one attached hydrogen (secondary N) is 1. The van der Waals surface area contributed by atoms with E-state index in [0.717, 1.165) is 10.1 Å².